The first-order chi connectivity index (χ1) is 11.9. The molecule has 2 N–H and O–H groups in total. The number of nitrogens with one attached hydrogen (secondary N) is 2. The van der Waals surface area contributed by atoms with Crippen LogP contribution in [-0.4, -0.2) is 27.2 Å². The number of nitrogens with zero attached hydrogens (tertiary/aromatic N) is 3. The van der Waals surface area contributed by atoms with Gasteiger partial charge in [0.15, 0.2) is 5.78 Å². The molecule has 0 unspecified atom stereocenters. The first-order valence-electron chi connectivity index (χ1n) is 7.99. The molecule has 0 saturated heterocycles. The Kier molecular flexibility index (Phi) is 5.99. The maximum atomic E-state index is 11.5. The van der Waals surface area contributed by atoms with E-state index in [4.69, 9.17) is 0 Å². The molecule has 8 nitrogen and oxygen atoms in total. The van der Waals surface area contributed by atoms with Crippen molar-refractivity contribution in [2.45, 2.75) is 27.2 Å². The van der Waals surface area contributed by atoms with Crippen LogP contribution in [0.2, 0.25) is 0 Å². The molecule has 0 aliphatic heterocycles. The fourth-order valence-electron chi connectivity index (χ4n) is 2.20. The van der Waals surface area contributed by atoms with E-state index in [1.165, 1.54) is 13.3 Å². The summed E-state index contributed by atoms with van der Waals surface area (Å²) in [7, 11) is 0. The van der Waals surface area contributed by atoms with Crippen LogP contribution >= 0.6 is 0 Å². The van der Waals surface area contributed by atoms with Crippen LogP contribution in [-0.2, 0) is 0 Å². The van der Waals surface area contributed by atoms with Crippen LogP contribution in [0.3, 0.4) is 0 Å². The summed E-state index contributed by atoms with van der Waals surface area (Å²) in [5.41, 5.74) is 0.833. The number of hydrogen-bond donors (Lipinski definition) is 2. The molecule has 25 heavy (non-hydrogen) atoms. The SMILES string of the molecule is CC(=O)c1cccc(Nc2ncnc(NCCC(C)C)c2[N+](=O)[O-])c1. The lowest BCUT2D eigenvalue weighted by Crippen LogP contribution is -2.10. The Morgan fingerprint density at radius 3 is 2.64 bits per heavy atom. The van der Waals surface area contributed by atoms with Crippen molar-refractivity contribution in [1.82, 2.24) is 9.97 Å². The van der Waals surface area contributed by atoms with Crippen molar-refractivity contribution >= 4 is 28.8 Å². The number of aromatic nitrogens is 2. The van der Waals surface area contributed by atoms with E-state index >= 15 is 0 Å². The van der Waals surface area contributed by atoms with Gasteiger partial charge in [0.25, 0.3) is 0 Å². The summed E-state index contributed by atoms with van der Waals surface area (Å²) in [6.07, 6.45) is 2.13. The van der Waals surface area contributed by atoms with Gasteiger partial charge in [-0.1, -0.05) is 26.0 Å². The fourth-order valence-corrected chi connectivity index (χ4v) is 2.20. The highest BCUT2D eigenvalue weighted by Gasteiger charge is 2.23. The smallest absolute Gasteiger partial charge is 0.353 e. The summed E-state index contributed by atoms with van der Waals surface area (Å²) >= 11 is 0. The zero-order chi connectivity index (χ0) is 18.4. The topological polar surface area (TPSA) is 110 Å². The van der Waals surface area contributed by atoms with Gasteiger partial charge < -0.3 is 10.6 Å². The number of rotatable bonds is 8. The molecular formula is C17H21N5O3. The second kappa shape index (κ2) is 8.18. The average Bonchev–Trinajstić information content (AvgIpc) is 2.54. The van der Waals surface area contributed by atoms with Crippen molar-refractivity contribution < 1.29 is 9.72 Å². The number of ketones is 1. The maximum absolute atomic E-state index is 11.5. The van der Waals surface area contributed by atoms with Crippen molar-refractivity contribution in [3.63, 3.8) is 0 Å². The monoisotopic (exact) mass is 343 g/mol. The Bertz CT molecular complexity index is 777. The summed E-state index contributed by atoms with van der Waals surface area (Å²) in [6, 6.07) is 6.72. The summed E-state index contributed by atoms with van der Waals surface area (Å²) in [5.74, 6) is 0.635. The Morgan fingerprint density at radius 2 is 2.00 bits per heavy atom. The molecule has 132 valence electrons. The molecule has 0 saturated carbocycles. The van der Waals surface area contributed by atoms with Crippen molar-refractivity contribution in [3.05, 3.63) is 46.3 Å². The minimum absolute atomic E-state index is 0.0766. The summed E-state index contributed by atoms with van der Waals surface area (Å²) in [5, 5.41) is 17.4. The van der Waals surface area contributed by atoms with E-state index in [1.54, 1.807) is 24.3 Å². The second-order valence-electron chi connectivity index (χ2n) is 6.05. The second-order valence-corrected chi connectivity index (χ2v) is 6.05. The van der Waals surface area contributed by atoms with Gasteiger partial charge in [-0.2, -0.15) is 0 Å². The van der Waals surface area contributed by atoms with Gasteiger partial charge in [0.1, 0.15) is 6.33 Å². The van der Waals surface area contributed by atoms with Gasteiger partial charge in [-0.05, 0) is 31.4 Å². The van der Waals surface area contributed by atoms with Crippen molar-refractivity contribution in [3.8, 4) is 0 Å². The van der Waals surface area contributed by atoms with Gasteiger partial charge in [-0.3, -0.25) is 14.9 Å². The third-order valence-corrected chi connectivity index (χ3v) is 3.55. The summed E-state index contributed by atoms with van der Waals surface area (Å²) < 4.78 is 0. The first kappa shape index (κ1) is 18.3. The minimum Gasteiger partial charge on any atom is -0.364 e. The van der Waals surface area contributed by atoms with E-state index in [-0.39, 0.29) is 23.1 Å². The lowest BCUT2D eigenvalue weighted by Gasteiger charge is -2.11. The van der Waals surface area contributed by atoms with E-state index in [2.05, 4.69) is 34.4 Å². The van der Waals surface area contributed by atoms with Crippen LogP contribution in [0.15, 0.2) is 30.6 Å². The van der Waals surface area contributed by atoms with Crippen LogP contribution in [0.25, 0.3) is 0 Å². The van der Waals surface area contributed by atoms with Gasteiger partial charge in [-0.15, -0.1) is 0 Å². The molecule has 0 fully saturated rings. The highest BCUT2D eigenvalue weighted by atomic mass is 16.6. The van der Waals surface area contributed by atoms with Crippen molar-refractivity contribution in [2.24, 2.45) is 5.92 Å². The van der Waals surface area contributed by atoms with E-state index in [9.17, 15) is 14.9 Å². The molecule has 2 rings (SSSR count). The summed E-state index contributed by atoms with van der Waals surface area (Å²) in [4.78, 5) is 30.4. The number of nitro groups is 1. The van der Waals surface area contributed by atoms with Gasteiger partial charge >= 0.3 is 5.69 Å². The molecule has 1 heterocycles. The molecule has 2 aromatic rings. The lowest BCUT2D eigenvalue weighted by atomic mass is 10.1. The Balaban J connectivity index is 2.29. The average molecular weight is 343 g/mol. The molecule has 0 amide bonds. The van der Waals surface area contributed by atoms with E-state index in [0.717, 1.165) is 6.42 Å². The van der Waals surface area contributed by atoms with Gasteiger partial charge in [-0.25, -0.2) is 9.97 Å². The zero-order valence-electron chi connectivity index (χ0n) is 14.4. The molecule has 1 aromatic heterocycles. The molecule has 8 heteroatoms. The predicted molar refractivity (Wildman–Crippen MR) is 96.4 cm³/mol. The molecule has 0 atom stereocenters. The summed E-state index contributed by atoms with van der Waals surface area (Å²) in [6.45, 7) is 6.19. The number of carbonyl (C=O) groups is 1. The van der Waals surface area contributed by atoms with Crippen molar-refractivity contribution in [1.29, 1.82) is 0 Å². The quantitative estimate of drug-likeness (QED) is 0.426. The van der Waals surface area contributed by atoms with Crippen LogP contribution < -0.4 is 10.6 Å². The van der Waals surface area contributed by atoms with Crippen molar-refractivity contribution in [2.75, 3.05) is 17.2 Å². The zero-order valence-corrected chi connectivity index (χ0v) is 14.4. The van der Waals surface area contributed by atoms with E-state index in [1.807, 2.05) is 0 Å². The molecule has 0 aliphatic rings. The van der Waals surface area contributed by atoms with Crippen LogP contribution in [0.4, 0.5) is 23.0 Å². The van der Waals surface area contributed by atoms with Gasteiger partial charge in [0.2, 0.25) is 11.6 Å². The van der Waals surface area contributed by atoms with Gasteiger partial charge in [0.05, 0.1) is 4.92 Å². The predicted octanol–water partition coefficient (Wildman–Crippen LogP) is 3.79. The number of hydrogen-bond acceptors (Lipinski definition) is 7. The van der Waals surface area contributed by atoms with E-state index < -0.39 is 4.92 Å². The van der Waals surface area contributed by atoms with Gasteiger partial charge in [0, 0.05) is 17.8 Å². The standard InChI is InChI=1S/C17H21N5O3/c1-11(2)7-8-18-16-15(22(24)25)17(20-10-19-16)21-14-6-4-5-13(9-14)12(3)23/h4-6,9-11H,7-8H2,1-3H3,(H2,18,19,20,21). The third-order valence-electron chi connectivity index (χ3n) is 3.55. The highest BCUT2D eigenvalue weighted by Crippen LogP contribution is 2.31. The van der Waals surface area contributed by atoms with Crippen LogP contribution in [0, 0.1) is 16.0 Å². The molecule has 0 aliphatic carbocycles. The molecule has 0 spiro atoms. The number of anilines is 3. The maximum Gasteiger partial charge on any atom is 0.353 e. The molecule has 0 radical (unpaired) electrons. The largest absolute Gasteiger partial charge is 0.364 e. The first-order valence-corrected chi connectivity index (χ1v) is 7.99. The lowest BCUT2D eigenvalue weighted by molar-refractivity contribution is -0.383. The molecular weight excluding hydrogens is 322 g/mol. The van der Waals surface area contributed by atoms with E-state index in [0.29, 0.717) is 23.7 Å². The Hall–Kier alpha value is -3.03. The number of carbonyl (C=O) groups excluding carboxylic acids is 1. The van der Waals surface area contributed by atoms with Crippen LogP contribution in [0.5, 0.6) is 0 Å². The highest BCUT2D eigenvalue weighted by molar-refractivity contribution is 5.95. The normalized spacial score (nSPS) is 10.6. The fraction of sp³-hybridized carbons (Fsp3) is 0.353. The Labute approximate surface area is 145 Å². The Morgan fingerprint density at radius 1 is 1.28 bits per heavy atom. The minimum atomic E-state index is -0.519. The molecule has 0 bridgehead atoms. The number of Topliss-reactive ketones (excluding diaryl/α,β-unsaturated/α-hetero) is 1. The third kappa shape index (κ3) is 4.97. The van der Waals surface area contributed by atoms with Crippen LogP contribution in [0.1, 0.15) is 37.6 Å². The molecule has 1 aromatic carbocycles. The number of benzene rings is 1.